The van der Waals surface area contributed by atoms with Crippen LogP contribution in [0, 0.1) is 6.92 Å². The summed E-state index contributed by atoms with van der Waals surface area (Å²) >= 11 is 1.57. The van der Waals surface area contributed by atoms with Crippen molar-refractivity contribution < 1.29 is 4.74 Å². The molecule has 0 fully saturated rings. The van der Waals surface area contributed by atoms with Gasteiger partial charge in [-0.05, 0) is 25.1 Å². The van der Waals surface area contributed by atoms with Crippen molar-refractivity contribution in [1.82, 2.24) is 9.97 Å². The summed E-state index contributed by atoms with van der Waals surface area (Å²) in [6.45, 7) is 1.95. The molecule has 0 aliphatic heterocycles. The van der Waals surface area contributed by atoms with E-state index in [1.807, 2.05) is 44.3 Å². The first-order chi connectivity index (χ1) is 8.72. The Balaban J connectivity index is 2.30. The molecule has 0 saturated carbocycles. The van der Waals surface area contributed by atoms with Gasteiger partial charge in [0.05, 0.1) is 12.0 Å². The van der Waals surface area contributed by atoms with Gasteiger partial charge < -0.3 is 10.1 Å². The summed E-state index contributed by atoms with van der Waals surface area (Å²) in [7, 11) is 3.48. The lowest BCUT2D eigenvalue weighted by atomic mass is 10.3. The van der Waals surface area contributed by atoms with E-state index in [1.165, 1.54) is 0 Å². The summed E-state index contributed by atoms with van der Waals surface area (Å²) in [5.41, 5.74) is 0.937. The molecule has 0 unspecified atom stereocenters. The van der Waals surface area contributed by atoms with Crippen LogP contribution in [0.5, 0.6) is 5.75 Å². The molecule has 5 heteroatoms. The van der Waals surface area contributed by atoms with Crippen molar-refractivity contribution in [3.8, 4) is 5.75 Å². The normalized spacial score (nSPS) is 10.2. The Morgan fingerprint density at radius 3 is 2.72 bits per heavy atom. The van der Waals surface area contributed by atoms with E-state index in [0.717, 1.165) is 21.4 Å². The number of nitrogens with zero attached hydrogens (tertiary/aromatic N) is 2. The maximum atomic E-state index is 5.32. The number of hydrogen-bond acceptors (Lipinski definition) is 5. The minimum Gasteiger partial charge on any atom is -0.496 e. The second kappa shape index (κ2) is 5.73. The van der Waals surface area contributed by atoms with Crippen molar-refractivity contribution in [1.29, 1.82) is 0 Å². The molecule has 0 amide bonds. The molecule has 1 aromatic carbocycles. The van der Waals surface area contributed by atoms with Crippen molar-refractivity contribution in [3.05, 3.63) is 36.0 Å². The van der Waals surface area contributed by atoms with Gasteiger partial charge in [0, 0.05) is 12.7 Å². The van der Waals surface area contributed by atoms with Crippen molar-refractivity contribution >= 4 is 17.7 Å². The second-order valence-electron chi connectivity index (χ2n) is 3.67. The first kappa shape index (κ1) is 12.7. The fourth-order valence-electron chi connectivity index (χ4n) is 1.52. The lowest BCUT2D eigenvalue weighted by molar-refractivity contribution is 0.405. The first-order valence-corrected chi connectivity index (χ1v) is 6.39. The highest BCUT2D eigenvalue weighted by molar-refractivity contribution is 7.99. The predicted molar refractivity (Wildman–Crippen MR) is 73.4 cm³/mol. The Morgan fingerprint density at radius 1 is 1.22 bits per heavy atom. The van der Waals surface area contributed by atoms with Crippen LogP contribution in [0.2, 0.25) is 0 Å². The highest BCUT2D eigenvalue weighted by Gasteiger charge is 2.07. The van der Waals surface area contributed by atoms with Crippen LogP contribution in [0.15, 0.2) is 40.3 Å². The van der Waals surface area contributed by atoms with Crippen LogP contribution >= 0.6 is 11.8 Å². The molecule has 0 aliphatic rings. The van der Waals surface area contributed by atoms with Crippen LogP contribution in [0.3, 0.4) is 0 Å². The van der Waals surface area contributed by atoms with E-state index in [-0.39, 0.29) is 0 Å². The molecule has 2 rings (SSSR count). The fraction of sp³-hybridized carbons (Fsp3) is 0.231. The van der Waals surface area contributed by atoms with E-state index in [4.69, 9.17) is 4.74 Å². The van der Waals surface area contributed by atoms with Crippen LogP contribution in [0.4, 0.5) is 5.95 Å². The number of methoxy groups -OCH3 is 1. The Bertz CT molecular complexity index is 546. The third-order valence-electron chi connectivity index (χ3n) is 2.34. The number of rotatable bonds is 4. The maximum Gasteiger partial charge on any atom is 0.223 e. The first-order valence-electron chi connectivity index (χ1n) is 5.57. The van der Waals surface area contributed by atoms with E-state index in [2.05, 4.69) is 15.3 Å². The molecule has 4 nitrogen and oxygen atoms in total. The molecule has 0 radical (unpaired) electrons. The molecule has 1 aromatic heterocycles. The lowest BCUT2D eigenvalue weighted by Gasteiger charge is -2.08. The summed E-state index contributed by atoms with van der Waals surface area (Å²) in [4.78, 5) is 9.72. The zero-order valence-electron chi connectivity index (χ0n) is 10.6. The summed E-state index contributed by atoms with van der Waals surface area (Å²) in [5.74, 6) is 1.48. The third-order valence-corrected chi connectivity index (χ3v) is 3.31. The predicted octanol–water partition coefficient (Wildman–Crippen LogP) is 2.99. The molecule has 0 atom stereocenters. The average molecular weight is 261 g/mol. The molecule has 1 N–H and O–H groups in total. The topological polar surface area (TPSA) is 47.0 Å². The number of aryl methyl sites for hydroxylation is 1. The number of para-hydroxylation sites is 1. The number of nitrogens with one attached hydrogen (secondary N) is 1. The van der Waals surface area contributed by atoms with Gasteiger partial charge in [0.2, 0.25) is 5.95 Å². The highest BCUT2D eigenvalue weighted by atomic mass is 32.2. The summed E-state index contributed by atoms with van der Waals surface area (Å²) in [5, 5.41) is 3.86. The number of benzene rings is 1. The van der Waals surface area contributed by atoms with Gasteiger partial charge in [0.1, 0.15) is 10.8 Å². The molecule has 0 bridgehead atoms. The highest BCUT2D eigenvalue weighted by Crippen LogP contribution is 2.33. The lowest BCUT2D eigenvalue weighted by Crippen LogP contribution is -1.98. The van der Waals surface area contributed by atoms with Crippen LogP contribution < -0.4 is 10.1 Å². The van der Waals surface area contributed by atoms with Crippen molar-refractivity contribution in [2.24, 2.45) is 0 Å². The van der Waals surface area contributed by atoms with Gasteiger partial charge in [-0.1, -0.05) is 23.9 Å². The average Bonchev–Trinajstić information content (AvgIpc) is 2.38. The van der Waals surface area contributed by atoms with Crippen LogP contribution in [-0.4, -0.2) is 24.1 Å². The minimum absolute atomic E-state index is 0.632. The second-order valence-corrected chi connectivity index (χ2v) is 4.74. The monoisotopic (exact) mass is 261 g/mol. The van der Waals surface area contributed by atoms with E-state index in [0.29, 0.717) is 5.95 Å². The van der Waals surface area contributed by atoms with Gasteiger partial charge in [-0.15, -0.1) is 0 Å². The molecule has 0 saturated heterocycles. The summed E-state index contributed by atoms with van der Waals surface area (Å²) in [6.07, 6.45) is 0. The molecule has 1 heterocycles. The summed E-state index contributed by atoms with van der Waals surface area (Å²) < 4.78 is 5.32. The van der Waals surface area contributed by atoms with E-state index < -0.39 is 0 Å². The number of anilines is 1. The van der Waals surface area contributed by atoms with Gasteiger partial charge >= 0.3 is 0 Å². The van der Waals surface area contributed by atoms with Gasteiger partial charge in [-0.25, -0.2) is 9.97 Å². The molecule has 0 aliphatic carbocycles. The zero-order chi connectivity index (χ0) is 13.0. The molecule has 94 valence electrons. The number of hydrogen-bond donors (Lipinski definition) is 1. The van der Waals surface area contributed by atoms with E-state index in [1.54, 1.807) is 18.9 Å². The number of ether oxygens (including phenoxy) is 1. The number of aromatic nitrogens is 2. The smallest absolute Gasteiger partial charge is 0.223 e. The summed E-state index contributed by atoms with van der Waals surface area (Å²) in [6, 6.07) is 9.85. The van der Waals surface area contributed by atoms with Crippen LogP contribution in [-0.2, 0) is 0 Å². The van der Waals surface area contributed by atoms with Gasteiger partial charge in [0.15, 0.2) is 0 Å². The zero-order valence-corrected chi connectivity index (χ0v) is 11.4. The Hall–Kier alpha value is -1.75. The van der Waals surface area contributed by atoms with Crippen LogP contribution in [0.25, 0.3) is 0 Å². The molecule has 0 spiro atoms. The Labute approximate surface area is 111 Å². The van der Waals surface area contributed by atoms with Crippen molar-refractivity contribution in [3.63, 3.8) is 0 Å². The third kappa shape index (κ3) is 2.92. The molecule has 2 aromatic rings. The fourth-order valence-corrected chi connectivity index (χ4v) is 2.51. The van der Waals surface area contributed by atoms with Crippen molar-refractivity contribution in [2.75, 3.05) is 19.5 Å². The largest absolute Gasteiger partial charge is 0.496 e. The minimum atomic E-state index is 0.632. The van der Waals surface area contributed by atoms with E-state index in [9.17, 15) is 0 Å². The van der Waals surface area contributed by atoms with Crippen LogP contribution in [0.1, 0.15) is 5.69 Å². The quantitative estimate of drug-likeness (QED) is 0.857. The molecular weight excluding hydrogens is 246 g/mol. The SMILES string of the molecule is CNc1nc(C)cc(Sc2ccccc2OC)n1. The van der Waals surface area contributed by atoms with Crippen molar-refractivity contribution in [2.45, 2.75) is 16.8 Å². The van der Waals surface area contributed by atoms with Gasteiger partial charge in [-0.2, -0.15) is 0 Å². The van der Waals surface area contributed by atoms with Gasteiger partial charge in [0.25, 0.3) is 0 Å². The Morgan fingerprint density at radius 2 is 2.00 bits per heavy atom. The van der Waals surface area contributed by atoms with E-state index >= 15 is 0 Å². The maximum absolute atomic E-state index is 5.32. The Kier molecular flexibility index (Phi) is 4.04. The molecular formula is C13H15N3OS. The molecule has 18 heavy (non-hydrogen) atoms. The van der Waals surface area contributed by atoms with Gasteiger partial charge in [-0.3, -0.25) is 0 Å². The standard InChI is InChI=1S/C13H15N3OS/c1-9-8-12(16-13(14-2)15-9)18-11-7-5-4-6-10(11)17-3/h4-8H,1-3H3,(H,14,15,16).